The van der Waals surface area contributed by atoms with E-state index in [-0.39, 0.29) is 0 Å². The van der Waals surface area contributed by atoms with Gasteiger partial charge in [-0.1, -0.05) is 0 Å². The van der Waals surface area contributed by atoms with Gasteiger partial charge in [0.1, 0.15) is 0 Å². The van der Waals surface area contributed by atoms with Gasteiger partial charge in [0.2, 0.25) is 0 Å². The Morgan fingerprint density at radius 2 is 2.27 bits per heavy atom. The van der Waals surface area contributed by atoms with Crippen LogP contribution in [0, 0.1) is 0 Å². The molecule has 0 spiro atoms. The molecule has 2 rings (SSSR count). The third-order valence-corrected chi connectivity index (χ3v) is 3.60. The van der Waals surface area contributed by atoms with Crippen molar-refractivity contribution < 1.29 is 0 Å². The second-order valence-corrected chi connectivity index (χ2v) is 4.79. The summed E-state index contributed by atoms with van der Waals surface area (Å²) < 4.78 is 0. The predicted molar refractivity (Wildman–Crippen MR) is 64.7 cm³/mol. The summed E-state index contributed by atoms with van der Waals surface area (Å²) in [4.78, 5) is 9.13. The van der Waals surface area contributed by atoms with Gasteiger partial charge in [0, 0.05) is 22.2 Å². The van der Waals surface area contributed by atoms with Crippen LogP contribution in [0.5, 0.6) is 0 Å². The minimum absolute atomic E-state index is 0.605. The summed E-state index contributed by atoms with van der Waals surface area (Å²) in [6.45, 7) is 0. The molecule has 0 aliphatic carbocycles. The molecule has 78 valence electrons. The second-order valence-electron chi connectivity index (χ2n) is 2.88. The van der Waals surface area contributed by atoms with Gasteiger partial charge >= 0.3 is 0 Å². The molecular weight excluding hydrogens is 228 g/mol. The third kappa shape index (κ3) is 2.60. The number of nitrogens with zero attached hydrogens (tertiary/aromatic N) is 2. The maximum atomic E-state index is 5.76. The summed E-state index contributed by atoms with van der Waals surface area (Å²) in [5.74, 6) is 0.780. The molecule has 0 unspecified atom stereocenters. The molecule has 4 nitrogen and oxygen atoms in total. The molecular formula is C9H10N4S2. The lowest BCUT2D eigenvalue weighted by Crippen LogP contribution is -1.90. The van der Waals surface area contributed by atoms with E-state index < -0.39 is 0 Å². The van der Waals surface area contributed by atoms with Crippen LogP contribution in [0.25, 0.3) is 0 Å². The van der Waals surface area contributed by atoms with Crippen molar-refractivity contribution in [2.45, 2.75) is 10.6 Å². The van der Waals surface area contributed by atoms with E-state index in [0.717, 1.165) is 16.3 Å². The first-order valence-electron chi connectivity index (χ1n) is 4.28. The van der Waals surface area contributed by atoms with Crippen LogP contribution in [0.1, 0.15) is 5.69 Å². The number of hydrogen-bond acceptors (Lipinski definition) is 6. The van der Waals surface area contributed by atoms with Gasteiger partial charge in [-0.2, -0.15) is 0 Å². The number of thiazole rings is 1. The number of thioether (sulfide) groups is 1. The molecule has 0 saturated carbocycles. The van der Waals surface area contributed by atoms with Crippen molar-refractivity contribution in [2.24, 2.45) is 0 Å². The molecule has 0 aliphatic rings. The first-order chi connectivity index (χ1) is 7.25. The molecule has 0 bridgehead atoms. The van der Waals surface area contributed by atoms with Crippen LogP contribution in [0.4, 0.5) is 10.8 Å². The fraction of sp³-hybridized carbons (Fsp3) is 0.111. The number of nitrogens with two attached hydrogens (primary N) is 2. The van der Waals surface area contributed by atoms with E-state index in [4.69, 9.17) is 11.5 Å². The lowest BCUT2D eigenvalue weighted by Gasteiger charge is -2.01. The van der Waals surface area contributed by atoms with Crippen LogP contribution in [0.3, 0.4) is 0 Å². The number of pyridine rings is 1. The van der Waals surface area contributed by atoms with Crippen molar-refractivity contribution in [3.8, 4) is 0 Å². The van der Waals surface area contributed by atoms with Gasteiger partial charge in [-0.15, -0.1) is 23.1 Å². The Morgan fingerprint density at radius 3 is 2.93 bits per heavy atom. The number of aromatic nitrogens is 2. The van der Waals surface area contributed by atoms with Crippen LogP contribution in [-0.2, 0) is 5.75 Å². The molecule has 0 amide bonds. The van der Waals surface area contributed by atoms with E-state index in [2.05, 4.69) is 9.97 Å². The molecule has 0 radical (unpaired) electrons. The zero-order chi connectivity index (χ0) is 10.7. The van der Waals surface area contributed by atoms with E-state index >= 15 is 0 Å². The van der Waals surface area contributed by atoms with Gasteiger partial charge in [-0.05, 0) is 6.07 Å². The minimum atomic E-state index is 0.605. The Labute approximate surface area is 95.7 Å². The van der Waals surface area contributed by atoms with Crippen molar-refractivity contribution in [1.29, 1.82) is 0 Å². The summed E-state index contributed by atoms with van der Waals surface area (Å²) in [5, 5.41) is 2.56. The largest absolute Gasteiger partial charge is 0.397 e. The average molecular weight is 238 g/mol. The average Bonchev–Trinajstić information content (AvgIpc) is 2.63. The van der Waals surface area contributed by atoms with Gasteiger partial charge in [0.15, 0.2) is 5.13 Å². The summed E-state index contributed by atoms with van der Waals surface area (Å²) in [6.07, 6.45) is 3.38. The monoisotopic (exact) mass is 238 g/mol. The summed E-state index contributed by atoms with van der Waals surface area (Å²) in [7, 11) is 0. The zero-order valence-electron chi connectivity index (χ0n) is 7.88. The highest BCUT2D eigenvalue weighted by atomic mass is 32.2. The molecule has 15 heavy (non-hydrogen) atoms. The van der Waals surface area contributed by atoms with Gasteiger partial charge < -0.3 is 11.5 Å². The van der Waals surface area contributed by atoms with Crippen LogP contribution < -0.4 is 11.5 Å². The first-order valence-corrected chi connectivity index (χ1v) is 6.14. The number of nitrogen functional groups attached to an aromatic ring is 2. The van der Waals surface area contributed by atoms with E-state index in [0.29, 0.717) is 10.8 Å². The molecule has 0 aliphatic heterocycles. The van der Waals surface area contributed by atoms with Crippen molar-refractivity contribution >= 4 is 33.9 Å². The highest BCUT2D eigenvalue weighted by Crippen LogP contribution is 2.27. The maximum absolute atomic E-state index is 5.76. The summed E-state index contributed by atoms with van der Waals surface area (Å²) in [6, 6.07) is 1.90. The highest BCUT2D eigenvalue weighted by Gasteiger charge is 2.02. The Hall–Kier alpha value is -1.27. The molecule has 2 aromatic heterocycles. The number of rotatable bonds is 3. The third-order valence-electron chi connectivity index (χ3n) is 1.76. The normalized spacial score (nSPS) is 10.4. The lowest BCUT2D eigenvalue weighted by atomic mass is 10.4. The Balaban J connectivity index is 2.02. The molecule has 4 N–H and O–H groups in total. The molecule has 2 aromatic rings. The van der Waals surface area contributed by atoms with Crippen molar-refractivity contribution in [3.63, 3.8) is 0 Å². The fourth-order valence-electron chi connectivity index (χ4n) is 1.07. The van der Waals surface area contributed by atoms with Crippen molar-refractivity contribution in [3.05, 3.63) is 29.5 Å². The first kappa shape index (κ1) is 10.3. The van der Waals surface area contributed by atoms with Gasteiger partial charge in [-0.25, -0.2) is 4.98 Å². The topological polar surface area (TPSA) is 77.8 Å². The Bertz CT molecular complexity index is 455. The second kappa shape index (κ2) is 4.50. The highest BCUT2D eigenvalue weighted by molar-refractivity contribution is 7.98. The summed E-state index contributed by atoms with van der Waals surface area (Å²) >= 11 is 3.09. The Kier molecular flexibility index (Phi) is 3.08. The van der Waals surface area contributed by atoms with Crippen molar-refractivity contribution in [2.75, 3.05) is 11.5 Å². The zero-order valence-corrected chi connectivity index (χ0v) is 9.52. The van der Waals surface area contributed by atoms with E-state index in [9.17, 15) is 0 Å². The fourth-order valence-corrected chi connectivity index (χ4v) is 2.56. The standard InChI is InChI=1S/C9H10N4S2/c10-7-3-12-2-1-8(7)14-4-6-5-15-9(11)13-6/h1-3,5H,4,10H2,(H2,11,13). The minimum Gasteiger partial charge on any atom is -0.397 e. The van der Waals surface area contributed by atoms with Gasteiger partial charge in [-0.3, -0.25) is 4.98 Å². The van der Waals surface area contributed by atoms with Crippen LogP contribution in [-0.4, -0.2) is 9.97 Å². The van der Waals surface area contributed by atoms with Crippen molar-refractivity contribution in [1.82, 2.24) is 9.97 Å². The van der Waals surface area contributed by atoms with E-state index in [1.165, 1.54) is 11.3 Å². The Morgan fingerprint density at radius 1 is 1.40 bits per heavy atom. The SMILES string of the molecule is Nc1nc(CSc2ccncc2N)cs1. The number of hydrogen-bond donors (Lipinski definition) is 2. The van der Waals surface area contributed by atoms with Crippen LogP contribution in [0.15, 0.2) is 28.7 Å². The molecule has 0 saturated heterocycles. The van der Waals surface area contributed by atoms with Gasteiger partial charge in [0.25, 0.3) is 0 Å². The molecule has 2 heterocycles. The molecule has 0 aromatic carbocycles. The quantitative estimate of drug-likeness (QED) is 0.800. The van der Waals surface area contributed by atoms with E-state index in [1.54, 1.807) is 24.2 Å². The van der Waals surface area contributed by atoms with E-state index in [1.807, 2.05) is 11.4 Å². The predicted octanol–water partition coefficient (Wildman–Crippen LogP) is 1.99. The molecule has 0 atom stereocenters. The molecule has 0 fully saturated rings. The summed E-state index contributed by atoms with van der Waals surface area (Å²) in [5.41, 5.74) is 13.0. The smallest absolute Gasteiger partial charge is 0.180 e. The maximum Gasteiger partial charge on any atom is 0.180 e. The lowest BCUT2D eigenvalue weighted by molar-refractivity contribution is 1.23. The number of anilines is 2. The van der Waals surface area contributed by atoms with Gasteiger partial charge in [0.05, 0.1) is 17.6 Å². The van der Waals surface area contributed by atoms with Crippen LogP contribution >= 0.6 is 23.1 Å². The molecule has 6 heteroatoms. The van der Waals surface area contributed by atoms with Crippen LogP contribution in [0.2, 0.25) is 0 Å².